The summed E-state index contributed by atoms with van der Waals surface area (Å²) in [5.74, 6) is 0. The van der Waals surface area contributed by atoms with E-state index in [-0.39, 0.29) is 0 Å². The Kier molecular flexibility index (Phi) is 1.81. The lowest BCUT2D eigenvalue weighted by Gasteiger charge is -2.21. The first-order valence-corrected chi connectivity index (χ1v) is 5.59. The lowest BCUT2D eigenvalue weighted by molar-refractivity contribution is 0.621. The van der Waals surface area contributed by atoms with Crippen molar-refractivity contribution in [2.24, 2.45) is 5.73 Å². The van der Waals surface area contributed by atoms with Crippen LogP contribution in [0.2, 0.25) is 0 Å². The highest BCUT2D eigenvalue weighted by atomic mass is 14.8. The van der Waals surface area contributed by atoms with Crippen molar-refractivity contribution in [3.05, 3.63) is 47.5 Å². The maximum absolute atomic E-state index is 6.43. The molecule has 0 atom stereocenters. The Balaban J connectivity index is 2.37. The van der Waals surface area contributed by atoms with Crippen LogP contribution in [-0.2, 0) is 5.54 Å². The van der Waals surface area contributed by atoms with Crippen LogP contribution < -0.4 is 17.2 Å². The molecule has 1 aliphatic rings. The molecule has 0 saturated carbocycles. The zero-order valence-electron chi connectivity index (χ0n) is 9.70. The largest absolute Gasteiger partial charge is 0.399 e. The van der Waals surface area contributed by atoms with E-state index in [1.54, 1.807) is 0 Å². The number of rotatable bonds is 0. The van der Waals surface area contributed by atoms with E-state index < -0.39 is 5.54 Å². The molecular formula is C14H15N3. The quantitative estimate of drug-likeness (QED) is 0.600. The van der Waals surface area contributed by atoms with Crippen molar-refractivity contribution in [3.8, 4) is 11.1 Å². The summed E-state index contributed by atoms with van der Waals surface area (Å²) < 4.78 is 0. The monoisotopic (exact) mass is 225 g/mol. The molecule has 0 radical (unpaired) electrons. The molecule has 3 nitrogen and oxygen atoms in total. The van der Waals surface area contributed by atoms with Gasteiger partial charge in [-0.3, -0.25) is 0 Å². The SMILES string of the molecule is CC1(N)c2cc(N)ccc2-c2ccc(N)cc21. The van der Waals surface area contributed by atoms with Crippen molar-refractivity contribution in [2.75, 3.05) is 11.5 Å². The number of fused-ring (bicyclic) bond motifs is 3. The third-order valence-electron chi connectivity index (χ3n) is 3.50. The molecule has 2 aromatic rings. The highest BCUT2D eigenvalue weighted by Crippen LogP contribution is 2.46. The van der Waals surface area contributed by atoms with Gasteiger partial charge in [-0.1, -0.05) is 12.1 Å². The second-order valence-corrected chi connectivity index (χ2v) is 4.81. The van der Waals surface area contributed by atoms with E-state index in [0.717, 1.165) is 33.6 Å². The van der Waals surface area contributed by atoms with Gasteiger partial charge in [-0.15, -0.1) is 0 Å². The summed E-state index contributed by atoms with van der Waals surface area (Å²) in [6.07, 6.45) is 0. The van der Waals surface area contributed by atoms with E-state index in [0.29, 0.717) is 0 Å². The van der Waals surface area contributed by atoms with Gasteiger partial charge in [-0.2, -0.15) is 0 Å². The molecule has 3 heteroatoms. The second-order valence-electron chi connectivity index (χ2n) is 4.81. The van der Waals surface area contributed by atoms with Crippen LogP contribution >= 0.6 is 0 Å². The molecule has 86 valence electrons. The van der Waals surface area contributed by atoms with Crippen LogP contribution in [-0.4, -0.2) is 0 Å². The molecule has 0 aromatic heterocycles. The Morgan fingerprint density at radius 2 is 1.24 bits per heavy atom. The summed E-state index contributed by atoms with van der Waals surface area (Å²) in [4.78, 5) is 0. The highest BCUT2D eigenvalue weighted by molar-refractivity contribution is 5.83. The normalized spacial score (nSPS) is 15.4. The van der Waals surface area contributed by atoms with Crippen molar-refractivity contribution in [3.63, 3.8) is 0 Å². The van der Waals surface area contributed by atoms with Crippen molar-refractivity contribution in [1.82, 2.24) is 0 Å². The minimum atomic E-state index is -0.518. The van der Waals surface area contributed by atoms with Crippen molar-refractivity contribution in [1.29, 1.82) is 0 Å². The van der Waals surface area contributed by atoms with Crippen LogP contribution in [0.1, 0.15) is 18.1 Å². The number of benzene rings is 2. The summed E-state index contributed by atoms with van der Waals surface area (Å²) in [7, 11) is 0. The van der Waals surface area contributed by atoms with Crippen LogP contribution in [0.3, 0.4) is 0 Å². The molecule has 0 aliphatic heterocycles. The first-order chi connectivity index (χ1) is 8.00. The topological polar surface area (TPSA) is 78.1 Å². The third-order valence-corrected chi connectivity index (χ3v) is 3.50. The van der Waals surface area contributed by atoms with E-state index in [1.807, 2.05) is 43.3 Å². The Morgan fingerprint density at radius 3 is 1.65 bits per heavy atom. The molecule has 0 fully saturated rings. The van der Waals surface area contributed by atoms with Gasteiger partial charge in [0.05, 0.1) is 5.54 Å². The molecule has 2 aromatic carbocycles. The van der Waals surface area contributed by atoms with Crippen LogP contribution in [0.4, 0.5) is 11.4 Å². The summed E-state index contributed by atoms with van der Waals surface area (Å²) in [5, 5.41) is 0. The second kappa shape index (κ2) is 3.02. The van der Waals surface area contributed by atoms with Crippen LogP contribution in [0.15, 0.2) is 36.4 Å². The fourth-order valence-corrected chi connectivity index (χ4v) is 2.60. The third kappa shape index (κ3) is 1.26. The average Bonchev–Trinajstić information content (AvgIpc) is 2.49. The molecule has 0 amide bonds. The Hall–Kier alpha value is -2.00. The van der Waals surface area contributed by atoms with Crippen LogP contribution in [0, 0.1) is 0 Å². The highest BCUT2D eigenvalue weighted by Gasteiger charge is 2.36. The van der Waals surface area contributed by atoms with Crippen molar-refractivity contribution >= 4 is 11.4 Å². The molecule has 3 rings (SSSR count). The van der Waals surface area contributed by atoms with Gasteiger partial charge in [0, 0.05) is 11.4 Å². The molecular weight excluding hydrogens is 210 g/mol. The fraction of sp³-hybridized carbons (Fsp3) is 0.143. The number of anilines is 2. The van der Waals surface area contributed by atoms with Crippen molar-refractivity contribution in [2.45, 2.75) is 12.5 Å². The van der Waals surface area contributed by atoms with E-state index in [2.05, 4.69) is 0 Å². The maximum Gasteiger partial charge on any atom is 0.0650 e. The minimum absolute atomic E-state index is 0.518. The minimum Gasteiger partial charge on any atom is -0.399 e. The van der Waals surface area contributed by atoms with Gasteiger partial charge in [0.2, 0.25) is 0 Å². The molecule has 0 unspecified atom stereocenters. The zero-order chi connectivity index (χ0) is 12.2. The van der Waals surface area contributed by atoms with E-state index in [1.165, 1.54) is 0 Å². The van der Waals surface area contributed by atoms with Gasteiger partial charge in [-0.25, -0.2) is 0 Å². The smallest absolute Gasteiger partial charge is 0.0650 e. The standard InChI is InChI=1S/C14H15N3/c1-14(17)12-6-8(15)2-4-10(12)11-5-3-9(16)7-13(11)14/h2-7H,15-17H2,1H3. The first kappa shape index (κ1) is 10.2. The summed E-state index contributed by atoms with van der Waals surface area (Å²) in [6.45, 7) is 2.00. The Morgan fingerprint density at radius 1 is 0.824 bits per heavy atom. The molecule has 0 bridgehead atoms. The zero-order valence-corrected chi connectivity index (χ0v) is 9.70. The van der Waals surface area contributed by atoms with Gasteiger partial charge < -0.3 is 17.2 Å². The van der Waals surface area contributed by atoms with E-state index in [9.17, 15) is 0 Å². The molecule has 0 spiro atoms. The predicted octanol–water partition coefficient (Wildman–Crippen LogP) is 2.05. The van der Waals surface area contributed by atoms with Crippen LogP contribution in [0.25, 0.3) is 11.1 Å². The Bertz CT molecular complexity index is 561. The number of hydrogen-bond donors (Lipinski definition) is 3. The summed E-state index contributed by atoms with van der Waals surface area (Å²) in [5.41, 5.74) is 23.5. The maximum atomic E-state index is 6.43. The predicted molar refractivity (Wildman–Crippen MR) is 71.3 cm³/mol. The lowest BCUT2D eigenvalue weighted by Crippen LogP contribution is -2.31. The van der Waals surface area contributed by atoms with Gasteiger partial charge in [-0.05, 0) is 53.4 Å². The van der Waals surface area contributed by atoms with E-state index >= 15 is 0 Å². The Labute approximate surface area is 100 Å². The molecule has 1 aliphatic carbocycles. The van der Waals surface area contributed by atoms with Gasteiger partial charge in [0.25, 0.3) is 0 Å². The first-order valence-electron chi connectivity index (χ1n) is 5.59. The van der Waals surface area contributed by atoms with E-state index in [4.69, 9.17) is 17.2 Å². The van der Waals surface area contributed by atoms with Crippen molar-refractivity contribution < 1.29 is 0 Å². The molecule has 0 heterocycles. The van der Waals surface area contributed by atoms with Crippen LogP contribution in [0.5, 0.6) is 0 Å². The number of nitrogens with two attached hydrogens (primary N) is 3. The fourth-order valence-electron chi connectivity index (χ4n) is 2.60. The number of nitrogen functional groups attached to an aromatic ring is 2. The van der Waals surface area contributed by atoms with Gasteiger partial charge in [0.1, 0.15) is 0 Å². The van der Waals surface area contributed by atoms with Gasteiger partial charge in [0.15, 0.2) is 0 Å². The summed E-state index contributed by atoms with van der Waals surface area (Å²) in [6, 6.07) is 11.8. The lowest BCUT2D eigenvalue weighted by atomic mass is 9.90. The molecule has 17 heavy (non-hydrogen) atoms. The molecule has 6 N–H and O–H groups in total. The number of hydrogen-bond acceptors (Lipinski definition) is 3. The molecule has 0 saturated heterocycles. The average molecular weight is 225 g/mol. The van der Waals surface area contributed by atoms with Gasteiger partial charge >= 0.3 is 0 Å². The summed E-state index contributed by atoms with van der Waals surface area (Å²) >= 11 is 0.